The minimum Gasteiger partial charge on any atom is -0.354 e. The number of benzene rings is 1. The summed E-state index contributed by atoms with van der Waals surface area (Å²) in [4.78, 5) is 19.6. The van der Waals surface area contributed by atoms with Crippen molar-refractivity contribution in [1.29, 1.82) is 0 Å². The molecule has 1 unspecified atom stereocenters. The number of piperidine rings is 1. The summed E-state index contributed by atoms with van der Waals surface area (Å²) in [5.74, 6) is 0.808. The zero-order chi connectivity index (χ0) is 17.9. The second-order valence-electron chi connectivity index (χ2n) is 6.68. The lowest BCUT2D eigenvalue weighted by molar-refractivity contribution is -0.120. The van der Waals surface area contributed by atoms with Crippen LogP contribution in [0, 0.1) is 12.8 Å². The summed E-state index contributed by atoms with van der Waals surface area (Å²) in [6.07, 6.45) is 3.50. The first kappa shape index (κ1) is 16.4. The van der Waals surface area contributed by atoms with Crippen molar-refractivity contribution >= 4 is 28.3 Å². The number of pyridine rings is 1. The van der Waals surface area contributed by atoms with Crippen molar-refractivity contribution < 1.29 is 4.79 Å². The molecule has 2 aromatic heterocycles. The van der Waals surface area contributed by atoms with Crippen LogP contribution in [0.1, 0.15) is 18.5 Å². The van der Waals surface area contributed by atoms with Gasteiger partial charge in [0.15, 0.2) is 5.82 Å². The van der Waals surface area contributed by atoms with Crippen LogP contribution in [0.4, 0.5) is 11.5 Å². The van der Waals surface area contributed by atoms with Crippen molar-refractivity contribution in [3.8, 4) is 0 Å². The molecule has 6 heteroatoms. The second kappa shape index (κ2) is 7.07. The van der Waals surface area contributed by atoms with Gasteiger partial charge >= 0.3 is 0 Å². The van der Waals surface area contributed by atoms with Crippen LogP contribution < -0.4 is 10.2 Å². The Morgan fingerprint density at radius 2 is 2.12 bits per heavy atom. The SMILES string of the molecule is Cc1cc(NC(=O)C2CCCN(c3cccnn3)C2)c2ccccc2n1. The Hall–Kier alpha value is -3.02. The molecule has 132 valence electrons. The lowest BCUT2D eigenvalue weighted by Crippen LogP contribution is -2.41. The van der Waals surface area contributed by atoms with E-state index in [0.717, 1.165) is 47.5 Å². The van der Waals surface area contributed by atoms with E-state index in [1.165, 1.54) is 0 Å². The number of para-hydroxylation sites is 1. The molecule has 1 fully saturated rings. The van der Waals surface area contributed by atoms with Crippen molar-refractivity contribution in [3.63, 3.8) is 0 Å². The van der Waals surface area contributed by atoms with Gasteiger partial charge in [0.25, 0.3) is 0 Å². The topological polar surface area (TPSA) is 71.0 Å². The highest BCUT2D eigenvalue weighted by Crippen LogP contribution is 2.26. The smallest absolute Gasteiger partial charge is 0.229 e. The molecule has 3 heterocycles. The van der Waals surface area contributed by atoms with Crippen LogP contribution in [0.25, 0.3) is 10.9 Å². The normalized spacial score (nSPS) is 17.3. The van der Waals surface area contributed by atoms with Gasteiger partial charge in [0.05, 0.1) is 17.1 Å². The molecule has 0 bridgehead atoms. The van der Waals surface area contributed by atoms with Crippen molar-refractivity contribution in [2.24, 2.45) is 5.92 Å². The fourth-order valence-corrected chi connectivity index (χ4v) is 3.51. The zero-order valence-corrected chi connectivity index (χ0v) is 14.7. The summed E-state index contributed by atoms with van der Waals surface area (Å²) in [5.41, 5.74) is 2.62. The second-order valence-corrected chi connectivity index (χ2v) is 6.68. The predicted octanol–water partition coefficient (Wildman–Crippen LogP) is 3.19. The fourth-order valence-electron chi connectivity index (χ4n) is 3.51. The molecule has 4 rings (SSSR count). The third-order valence-electron chi connectivity index (χ3n) is 4.78. The maximum atomic E-state index is 12.9. The molecule has 1 aliphatic heterocycles. The highest BCUT2D eigenvalue weighted by atomic mass is 16.1. The highest BCUT2D eigenvalue weighted by molar-refractivity contribution is 6.02. The Morgan fingerprint density at radius 3 is 2.96 bits per heavy atom. The molecule has 1 N–H and O–H groups in total. The lowest BCUT2D eigenvalue weighted by Gasteiger charge is -2.32. The van der Waals surface area contributed by atoms with Gasteiger partial charge in [-0.3, -0.25) is 9.78 Å². The molecular weight excluding hydrogens is 326 g/mol. The van der Waals surface area contributed by atoms with Crippen molar-refractivity contribution in [2.75, 3.05) is 23.3 Å². The summed E-state index contributed by atoms with van der Waals surface area (Å²) < 4.78 is 0. The van der Waals surface area contributed by atoms with Crippen LogP contribution >= 0.6 is 0 Å². The third kappa shape index (κ3) is 3.35. The average molecular weight is 347 g/mol. The van der Waals surface area contributed by atoms with Gasteiger partial charge in [-0.1, -0.05) is 18.2 Å². The van der Waals surface area contributed by atoms with Gasteiger partial charge < -0.3 is 10.2 Å². The summed E-state index contributed by atoms with van der Waals surface area (Å²) in [6, 6.07) is 13.6. The van der Waals surface area contributed by atoms with Crippen LogP contribution in [0.3, 0.4) is 0 Å². The number of aryl methyl sites for hydroxylation is 1. The molecule has 1 aromatic carbocycles. The Morgan fingerprint density at radius 1 is 1.23 bits per heavy atom. The first-order chi connectivity index (χ1) is 12.7. The van der Waals surface area contributed by atoms with E-state index >= 15 is 0 Å². The number of hydrogen-bond donors (Lipinski definition) is 1. The zero-order valence-electron chi connectivity index (χ0n) is 14.7. The van der Waals surface area contributed by atoms with Gasteiger partial charge in [0.2, 0.25) is 5.91 Å². The first-order valence-electron chi connectivity index (χ1n) is 8.90. The summed E-state index contributed by atoms with van der Waals surface area (Å²) in [7, 11) is 0. The number of hydrogen-bond acceptors (Lipinski definition) is 5. The van der Waals surface area contributed by atoms with Crippen molar-refractivity contribution in [3.05, 3.63) is 54.4 Å². The summed E-state index contributed by atoms with van der Waals surface area (Å²) in [5, 5.41) is 12.2. The van der Waals surface area contributed by atoms with E-state index in [-0.39, 0.29) is 11.8 Å². The monoisotopic (exact) mass is 347 g/mol. The van der Waals surface area contributed by atoms with Crippen molar-refractivity contribution in [2.45, 2.75) is 19.8 Å². The Balaban J connectivity index is 1.53. The van der Waals surface area contributed by atoms with E-state index in [2.05, 4.69) is 25.4 Å². The quantitative estimate of drug-likeness (QED) is 0.788. The minimum absolute atomic E-state index is 0.0503. The van der Waals surface area contributed by atoms with Crippen LogP contribution in [0.5, 0.6) is 0 Å². The third-order valence-corrected chi connectivity index (χ3v) is 4.78. The summed E-state index contributed by atoms with van der Waals surface area (Å²) >= 11 is 0. The molecule has 1 aliphatic rings. The molecule has 1 saturated heterocycles. The minimum atomic E-state index is -0.0713. The van der Waals surface area contributed by atoms with Crippen LogP contribution in [-0.4, -0.2) is 34.2 Å². The van der Waals surface area contributed by atoms with E-state index in [0.29, 0.717) is 6.54 Å². The molecule has 1 amide bonds. The number of nitrogens with one attached hydrogen (secondary N) is 1. The van der Waals surface area contributed by atoms with Gasteiger partial charge in [-0.25, -0.2) is 0 Å². The summed E-state index contributed by atoms with van der Waals surface area (Å²) in [6.45, 7) is 3.50. The number of fused-ring (bicyclic) bond motifs is 1. The van der Waals surface area contributed by atoms with Gasteiger partial charge in [-0.15, -0.1) is 5.10 Å². The molecule has 6 nitrogen and oxygen atoms in total. The van der Waals surface area contributed by atoms with E-state index in [1.54, 1.807) is 6.20 Å². The molecule has 1 atom stereocenters. The van der Waals surface area contributed by atoms with Gasteiger partial charge in [-0.05, 0) is 44.0 Å². The molecule has 26 heavy (non-hydrogen) atoms. The van der Waals surface area contributed by atoms with E-state index < -0.39 is 0 Å². The molecule has 3 aromatic rings. The fraction of sp³-hybridized carbons (Fsp3) is 0.300. The van der Waals surface area contributed by atoms with Crippen LogP contribution in [0.15, 0.2) is 48.7 Å². The predicted molar refractivity (Wildman–Crippen MR) is 102 cm³/mol. The average Bonchev–Trinajstić information content (AvgIpc) is 2.68. The van der Waals surface area contributed by atoms with Gasteiger partial charge in [-0.2, -0.15) is 5.10 Å². The van der Waals surface area contributed by atoms with Gasteiger partial charge in [0, 0.05) is 30.4 Å². The molecule has 0 radical (unpaired) electrons. The number of carbonyl (C=O) groups excluding carboxylic acids is 1. The lowest BCUT2D eigenvalue weighted by atomic mass is 9.97. The Kier molecular flexibility index (Phi) is 4.48. The molecule has 0 aliphatic carbocycles. The van der Waals surface area contributed by atoms with E-state index in [4.69, 9.17) is 0 Å². The maximum Gasteiger partial charge on any atom is 0.229 e. The van der Waals surface area contributed by atoms with Gasteiger partial charge in [0.1, 0.15) is 0 Å². The van der Waals surface area contributed by atoms with Crippen molar-refractivity contribution in [1.82, 2.24) is 15.2 Å². The highest BCUT2D eigenvalue weighted by Gasteiger charge is 2.27. The Labute approximate surface area is 152 Å². The maximum absolute atomic E-state index is 12.9. The van der Waals surface area contributed by atoms with Crippen LogP contribution in [0.2, 0.25) is 0 Å². The largest absolute Gasteiger partial charge is 0.354 e. The molecule has 0 saturated carbocycles. The van der Waals surface area contributed by atoms with Crippen LogP contribution in [-0.2, 0) is 4.79 Å². The number of carbonyl (C=O) groups is 1. The first-order valence-corrected chi connectivity index (χ1v) is 8.90. The number of amides is 1. The number of aromatic nitrogens is 3. The van der Waals surface area contributed by atoms with E-state index in [1.807, 2.05) is 49.4 Å². The molecular formula is C20H21N5O. The Bertz CT molecular complexity index is 928. The number of anilines is 2. The standard InChI is InChI=1S/C20H21N5O/c1-14-12-18(16-7-2-3-8-17(16)22-14)23-20(26)15-6-5-11-25(13-15)19-9-4-10-21-24-19/h2-4,7-10,12,15H,5-6,11,13H2,1H3,(H,22,23,26). The number of nitrogens with zero attached hydrogens (tertiary/aromatic N) is 4. The number of rotatable bonds is 3. The molecule has 0 spiro atoms. The van der Waals surface area contributed by atoms with E-state index in [9.17, 15) is 4.79 Å².